The molecule has 1 aliphatic heterocycles. The lowest BCUT2D eigenvalue weighted by molar-refractivity contribution is -0.148. The van der Waals surface area contributed by atoms with Crippen LogP contribution in [0, 0.1) is 0 Å². The number of para-hydroxylation sites is 2. The first-order valence-corrected chi connectivity index (χ1v) is 8.42. The van der Waals surface area contributed by atoms with Crippen LogP contribution in [0.15, 0.2) is 42.5 Å². The van der Waals surface area contributed by atoms with E-state index in [9.17, 15) is 9.59 Å². The Morgan fingerprint density at radius 2 is 1.81 bits per heavy atom. The van der Waals surface area contributed by atoms with Crippen molar-refractivity contribution in [3.63, 3.8) is 0 Å². The number of methoxy groups -OCH3 is 3. The topological polar surface area (TPSA) is 74.3 Å². The zero-order valence-electron chi connectivity index (χ0n) is 15.4. The molecule has 0 unspecified atom stereocenters. The molecule has 7 heteroatoms. The summed E-state index contributed by atoms with van der Waals surface area (Å²) >= 11 is 0. The van der Waals surface area contributed by atoms with E-state index in [4.69, 9.17) is 18.9 Å². The van der Waals surface area contributed by atoms with Gasteiger partial charge in [-0.15, -0.1) is 0 Å². The van der Waals surface area contributed by atoms with Crippen LogP contribution in [0.1, 0.15) is 5.56 Å². The maximum absolute atomic E-state index is 13.0. The van der Waals surface area contributed by atoms with Gasteiger partial charge in [0, 0.05) is 0 Å². The number of hydrogen-bond donors (Lipinski definition) is 0. The van der Waals surface area contributed by atoms with Crippen molar-refractivity contribution < 1.29 is 28.5 Å². The number of nitrogens with zero attached hydrogens (tertiary/aromatic N) is 1. The largest absolute Gasteiger partial charge is 0.493 e. The Morgan fingerprint density at radius 3 is 2.52 bits per heavy atom. The van der Waals surface area contributed by atoms with Crippen LogP contribution in [0.5, 0.6) is 17.2 Å². The summed E-state index contributed by atoms with van der Waals surface area (Å²) in [6.45, 7) is 0.0931. The van der Waals surface area contributed by atoms with Crippen LogP contribution in [0.3, 0.4) is 0 Å². The van der Waals surface area contributed by atoms with Gasteiger partial charge in [0.2, 0.25) is 12.0 Å². The van der Waals surface area contributed by atoms with E-state index in [1.807, 2.05) is 12.1 Å². The van der Waals surface area contributed by atoms with Gasteiger partial charge in [0.1, 0.15) is 5.75 Å². The second-order valence-corrected chi connectivity index (χ2v) is 5.97. The molecule has 1 heterocycles. The van der Waals surface area contributed by atoms with E-state index in [1.54, 1.807) is 49.5 Å². The number of esters is 1. The fraction of sp³-hybridized carbons (Fsp3) is 0.300. The fourth-order valence-electron chi connectivity index (χ4n) is 2.99. The van der Waals surface area contributed by atoms with Crippen molar-refractivity contribution in [2.45, 2.75) is 12.5 Å². The second-order valence-electron chi connectivity index (χ2n) is 5.97. The number of benzene rings is 2. The van der Waals surface area contributed by atoms with Crippen LogP contribution < -0.4 is 19.1 Å². The minimum atomic E-state index is -0.862. The Bertz CT molecular complexity index is 850. The molecule has 1 aliphatic rings. The van der Waals surface area contributed by atoms with Crippen molar-refractivity contribution in [2.24, 2.45) is 0 Å². The van der Waals surface area contributed by atoms with Gasteiger partial charge in [-0.25, -0.2) is 4.79 Å². The summed E-state index contributed by atoms with van der Waals surface area (Å²) in [7, 11) is 4.39. The van der Waals surface area contributed by atoms with Crippen molar-refractivity contribution in [1.82, 2.24) is 0 Å². The van der Waals surface area contributed by atoms with Crippen molar-refractivity contribution >= 4 is 17.6 Å². The molecule has 0 spiro atoms. The molecule has 0 bridgehead atoms. The third-order valence-corrected chi connectivity index (χ3v) is 4.34. The molecule has 1 atom stereocenters. The van der Waals surface area contributed by atoms with Crippen molar-refractivity contribution in [1.29, 1.82) is 0 Å². The minimum Gasteiger partial charge on any atom is -0.493 e. The molecule has 2 aromatic carbocycles. The van der Waals surface area contributed by atoms with Crippen LogP contribution in [0.2, 0.25) is 0 Å². The monoisotopic (exact) mass is 371 g/mol. The molecule has 0 fully saturated rings. The fourth-order valence-corrected chi connectivity index (χ4v) is 2.99. The lowest BCUT2D eigenvalue weighted by Gasteiger charge is -2.33. The predicted octanol–water partition coefficient (Wildman–Crippen LogP) is 2.21. The Balaban J connectivity index is 1.86. The minimum absolute atomic E-state index is 0.0931. The quantitative estimate of drug-likeness (QED) is 0.751. The van der Waals surface area contributed by atoms with E-state index in [2.05, 4.69) is 0 Å². The maximum atomic E-state index is 13.0. The van der Waals surface area contributed by atoms with E-state index < -0.39 is 12.1 Å². The van der Waals surface area contributed by atoms with Gasteiger partial charge in [0.15, 0.2) is 11.5 Å². The Kier molecular flexibility index (Phi) is 5.49. The van der Waals surface area contributed by atoms with Crippen LogP contribution in [-0.2, 0) is 20.7 Å². The van der Waals surface area contributed by atoms with E-state index >= 15 is 0 Å². The number of amides is 1. The highest BCUT2D eigenvalue weighted by molar-refractivity contribution is 5.98. The first-order chi connectivity index (χ1) is 13.1. The molecule has 0 saturated heterocycles. The molecule has 0 aromatic heterocycles. The molecule has 0 aliphatic carbocycles. The Morgan fingerprint density at radius 1 is 1.07 bits per heavy atom. The van der Waals surface area contributed by atoms with Crippen molar-refractivity contribution in [2.75, 3.05) is 32.8 Å². The Labute approximate surface area is 157 Å². The highest BCUT2D eigenvalue weighted by atomic mass is 16.6. The average molecular weight is 371 g/mol. The van der Waals surface area contributed by atoms with Gasteiger partial charge in [0.25, 0.3) is 0 Å². The highest BCUT2D eigenvalue weighted by Gasteiger charge is 2.34. The van der Waals surface area contributed by atoms with Crippen LogP contribution in [-0.4, -0.2) is 45.9 Å². The molecular formula is C20H21NO6. The maximum Gasteiger partial charge on any atom is 0.348 e. The number of fused-ring (bicyclic) bond motifs is 1. The number of carbonyl (C=O) groups excluding carboxylic acids is 2. The summed E-state index contributed by atoms with van der Waals surface area (Å²) in [5.74, 6) is 0.939. The summed E-state index contributed by atoms with van der Waals surface area (Å²) in [5.41, 5.74) is 1.40. The second kappa shape index (κ2) is 7.99. The molecule has 142 valence electrons. The molecule has 7 nitrogen and oxygen atoms in total. The molecule has 0 radical (unpaired) electrons. The third-order valence-electron chi connectivity index (χ3n) is 4.34. The smallest absolute Gasteiger partial charge is 0.348 e. The molecule has 0 N–H and O–H groups in total. The Hall–Kier alpha value is -3.22. The molecule has 3 rings (SSSR count). The van der Waals surface area contributed by atoms with Gasteiger partial charge in [-0.3, -0.25) is 4.79 Å². The summed E-state index contributed by atoms with van der Waals surface area (Å²) in [4.78, 5) is 26.5. The van der Waals surface area contributed by atoms with Gasteiger partial charge in [-0.2, -0.15) is 0 Å². The lowest BCUT2D eigenvalue weighted by Crippen LogP contribution is -2.48. The van der Waals surface area contributed by atoms with E-state index in [0.29, 0.717) is 22.9 Å². The molecule has 1 amide bonds. The number of hydrogen-bond acceptors (Lipinski definition) is 6. The number of rotatable bonds is 5. The summed E-state index contributed by atoms with van der Waals surface area (Å²) < 4.78 is 21.0. The zero-order valence-corrected chi connectivity index (χ0v) is 15.4. The lowest BCUT2D eigenvalue weighted by atomic mass is 10.1. The van der Waals surface area contributed by atoms with Gasteiger partial charge in [0.05, 0.1) is 40.0 Å². The molecule has 0 saturated carbocycles. The first kappa shape index (κ1) is 18.6. The third kappa shape index (κ3) is 3.81. The van der Waals surface area contributed by atoms with Crippen LogP contribution in [0.4, 0.5) is 5.69 Å². The summed E-state index contributed by atoms with van der Waals surface area (Å²) in [6.07, 6.45) is -0.720. The predicted molar refractivity (Wildman–Crippen MR) is 98.5 cm³/mol. The standard InChI is InChI=1S/C20H21NO6/c1-24-16-9-8-13(10-17(16)25-2)11-19(22)21-12-18(20(23)26-3)27-15-7-5-4-6-14(15)21/h4-10,18H,11-12H2,1-3H3/t18-/m1/s1. The van der Waals surface area contributed by atoms with Crippen LogP contribution in [0.25, 0.3) is 0 Å². The number of ether oxygens (including phenoxy) is 4. The van der Waals surface area contributed by atoms with E-state index in [1.165, 1.54) is 7.11 Å². The van der Waals surface area contributed by atoms with Crippen molar-refractivity contribution in [3.05, 3.63) is 48.0 Å². The summed E-state index contributed by atoms with van der Waals surface area (Å²) in [5, 5.41) is 0. The average Bonchev–Trinajstić information content (AvgIpc) is 2.72. The normalized spacial score (nSPS) is 15.4. The first-order valence-electron chi connectivity index (χ1n) is 8.42. The van der Waals surface area contributed by atoms with E-state index in [-0.39, 0.29) is 18.9 Å². The van der Waals surface area contributed by atoms with E-state index in [0.717, 1.165) is 5.56 Å². The van der Waals surface area contributed by atoms with Gasteiger partial charge >= 0.3 is 5.97 Å². The number of anilines is 1. The molecule has 2 aromatic rings. The van der Waals surface area contributed by atoms with Gasteiger partial charge in [-0.05, 0) is 29.8 Å². The summed E-state index contributed by atoms with van der Waals surface area (Å²) in [6, 6.07) is 12.4. The highest BCUT2D eigenvalue weighted by Crippen LogP contribution is 2.34. The van der Waals surface area contributed by atoms with Gasteiger partial charge < -0.3 is 23.8 Å². The molecular weight excluding hydrogens is 350 g/mol. The van der Waals surface area contributed by atoms with Crippen LogP contribution >= 0.6 is 0 Å². The SMILES string of the molecule is COC(=O)[C@H]1CN(C(=O)Cc2ccc(OC)c(OC)c2)c2ccccc2O1. The van der Waals surface area contributed by atoms with Crippen molar-refractivity contribution in [3.8, 4) is 17.2 Å². The van der Waals surface area contributed by atoms with Gasteiger partial charge in [-0.1, -0.05) is 18.2 Å². The molecule has 27 heavy (non-hydrogen) atoms. The number of carbonyl (C=O) groups is 2. The zero-order chi connectivity index (χ0) is 19.4.